The summed E-state index contributed by atoms with van der Waals surface area (Å²) in [6.07, 6.45) is 2.90. The molecule has 4 rings (SSSR count). The number of rotatable bonds is 8. The van der Waals surface area contributed by atoms with E-state index < -0.39 is 10.0 Å². The van der Waals surface area contributed by atoms with E-state index in [1.54, 1.807) is 60.7 Å². The van der Waals surface area contributed by atoms with Crippen molar-refractivity contribution in [2.24, 2.45) is 0 Å². The Hall–Kier alpha value is -3.66. The Balaban J connectivity index is 1.76. The minimum atomic E-state index is -4.01. The third kappa shape index (κ3) is 6.27. The molecule has 0 saturated carbocycles. The highest BCUT2D eigenvalue weighted by molar-refractivity contribution is 7.95. The molecule has 0 bridgehead atoms. The van der Waals surface area contributed by atoms with Crippen molar-refractivity contribution in [1.29, 1.82) is 0 Å². The van der Waals surface area contributed by atoms with Crippen LogP contribution in [0.25, 0.3) is 17.5 Å². The molecule has 0 fully saturated rings. The van der Waals surface area contributed by atoms with Crippen molar-refractivity contribution in [1.82, 2.24) is 15.0 Å². The van der Waals surface area contributed by atoms with Crippen molar-refractivity contribution in [2.45, 2.75) is 0 Å². The van der Waals surface area contributed by atoms with Crippen LogP contribution in [0, 0.1) is 0 Å². The third-order valence-corrected chi connectivity index (χ3v) is 6.02. The van der Waals surface area contributed by atoms with Gasteiger partial charge in [0, 0.05) is 11.8 Å². The maximum atomic E-state index is 12.9. The van der Waals surface area contributed by atoms with E-state index in [-0.39, 0.29) is 27.7 Å². The van der Waals surface area contributed by atoms with Crippen LogP contribution < -0.4 is 14.2 Å². The van der Waals surface area contributed by atoms with E-state index in [0.717, 1.165) is 5.41 Å². The van der Waals surface area contributed by atoms with E-state index in [0.29, 0.717) is 22.6 Å². The predicted octanol–water partition coefficient (Wildman–Crippen LogP) is 6.06. The van der Waals surface area contributed by atoms with Crippen molar-refractivity contribution in [2.75, 3.05) is 11.8 Å². The Morgan fingerprint density at radius 3 is 2.31 bits per heavy atom. The molecule has 0 amide bonds. The zero-order chi connectivity index (χ0) is 24.8. The fourth-order valence-electron chi connectivity index (χ4n) is 2.93. The van der Waals surface area contributed by atoms with Crippen LogP contribution in [0.3, 0.4) is 0 Å². The van der Waals surface area contributed by atoms with E-state index in [2.05, 4.69) is 19.7 Å². The molecule has 0 radical (unpaired) electrons. The van der Waals surface area contributed by atoms with Crippen molar-refractivity contribution in [3.63, 3.8) is 0 Å². The molecule has 2 aromatic carbocycles. The van der Waals surface area contributed by atoms with Gasteiger partial charge in [-0.1, -0.05) is 65.7 Å². The summed E-state index contributed by atoms with van der Waals surface area (Å²) in [5, 5.41) is 1.18. The molecule has 0 unspecified atom stereocenters. The van der Waals surface area contributed by atoms with Gasteiger partial charge in [0.25, 0.3) is 10.0 Å². The second kappa shape index (κ2) is 10.7. The summed E-state index contributed by atoms with van der Waals surface area (Å²) >= 11 is 12.3. The molecule has 0 aliphatic rings. The van der Waals surface area contributed by atoms with E-state index in [4.69, 9.17) is 32.7 Å². The van der Waals surface area contributed by atoms with Crippen molar-refractivity contribution < 1.29 is 17.9 Å². The van der Waals surface area contributed by atoms with E-state index in [9.17, 15) is 8.42 Å². The summed E-state index contributed by atoms with van der Waals surface area (Å²) in [5.74, 6) is 0.558. The Bertz CT molecular complexity index is 1470. The first-order chi connectivity index (χ1) is 16.8. The Kier molecular flexibility index (Phi) is 7.50. The first-order valence-electron chi connectivity index (χ1n) is 10.1. The van der Waals surface area contributed by atoms with Crippen LogP contribution >= 0.6 is 23.2 Å². The van der Waals surface area contributed by atoms with Gasteiger partial charge in [0.1, 0.15) is 5.15 Å². The quantitative estimate of drug-likeness (QED) is 0.219. The molecule has 0 aliphatic heterocycles. The van der Waals surface area contributed by atoms with Crippen LogP contribution in [0.15, 0.2) is 78.3 Å². The number of pyridine rings is 1. The highest BCUT2D eigenvalue weighted by Crippen LogP contribution is 2.39. The van der Waals surface area contributed by atoms with Gasteiger partial charge in [-0.3, -0.25) is 4.72 Å². The molecule has 0 spiro atoms. The van der Waals surface area contributed by atoms with E-state index in [1.807, 2.05) is 6.07 Å². The molecule has 178 valence electrons. The number of nitrogens with one attached hydrogen (secondary N) is 1. The number of nitrogens with zero attached hydrogens (tertiary/aromatic N) is 3. The van der Waals surface area contributed by atoms with Crippen LogP contribution in [0.5, 0.6) is 17.2 Å². The molecule has 0 atom stereocenters. The van der Waals surface area contributed by atoms with Gasteiger partial charge >= 0.3 is 0 Å². The molecular weight excluding hydrogens is 511 g/mol. The fraction of sp³-hybridized carbons (Fsp3) is 0.0417. The number of halogens is 2. The summed E-state index contributed by atoms with van der Waals surface area (Å²) in [7, 11) is -2.53. The van der Waals surface area contributed by atoms with Gasteiger partial charge in [0.2, 0.25) is 5.75 Å². The molecule has 2 heterocycles. The molecular formula is C24H18Cl2N4O4S. The fourth-order valence-corrected chi connectivity index (χ4v) is 4.07. The predicted molar refractivity (Wildman–Crippen MR) is 136 cm³/mol. The number of aromatic nitrogens is 3. The topological polar surface area (TPSA) is 103 Å². The Morgan fingerprint density at radius 1 is 0.914 bits per heavy atom. The summed E-state index contributed by atoms with van der Waals surface area (Å²) < 4.78 is 39.4. The standard InChI is InChI=1S/C24H18Cl2N4O4S/c1-33-18-9-5-6-10-19(18)34-21-22(26)28-23(17-11-12-20(25)27-15-17)29-24(21)30-35(31,32)14-13-16-7-3-2-4-8-16/h2-15H,1H3,(H,28,29,30). The number of hydrogen-bond donors (Lipinski definition) is 1. The molecule has 4 aromatic rings. The van der Waals surface area contributed by atoms with Crippen LogP contribution in [0.2, 0.25) is 10.3 Å². The summed E-state index contributed by atoms with van der Waals surface area (Å²) in [6.45, 7) is 0. The molecule has 0 saturated heterocycles. The van der Waals surface area contributed by atoms with Gasteiger partial charge in [-0.2, -0.15) is 0 Å². The first-order valence-corrected chi connectivity index (χ1v) is 12.4. The van der Waals surface area contributed by atoms with Crippen molar-refractivity contribution in [3.8, 4) is 28.6 Å². The summed E-state index contributed by atoms with van der Waals surface area (Å²) in [6, 6.07) is 19.0. The Morgan fingerprint density at radius 2 is 1.63 bits per heavy atom. The number of anilines is 1. The first kappa shape index (κ1) is 24.5. The molecule has 1 N–H and O–H groups in total. The second-order valence-electron chi connectivity index (χ2n) is 7.00. The van der Waals surface area contributed by atoms with Crippen LogP contribution in [0.1, 0.15) is 5.56 Å². The Labute approximate surface area is 212 Å². The van der Waals surface area contributed by atoms with Gasteiger partial charge < -0.3 is 9.47 Å². The van der Waals surface area contributed by atoms with Crippen LogP contribution in [-0.4, -0.2) is 30.5 Å². The second-order valence-corrected chi connectivity index (χ2v) is 9.31. The van der Waals surface area contributed by atoms with Crippen LogP contribution in [-0.2, 0) is 10.0 Å². The summed E-state index contributed by atoms with van der Waals surface area (Å²) in [4.78, 5) is 12.6. The van der Waals surface area contributed by atoms with Crippen molar-refractivity contribution >= 4 is 45.1 Å². The SMILES string of the molecule is COc1ccccc1Oc1c(Cl)nc(-c2ccc(Cl)nc2)nc1NS(=O)(=O)C=Cc1ccccc1. The van der Waals surface area contributed by atoms with Gasteiger partial charge in [0.05, 0.1) is 12.5 Å². The minimum Gasteiger partial charge on any atom is -0.493 e. The average Bonchev–Trinajstić information content (AvgIpc) is 2.86. The lowest BCUT2D eigenvalue weighted by Crippen LogP contribution is -2.12. The highest BCUT2D eigenvalue weighted by Gasteiger charge is 2.21. The lowest BCUT2D eigenvalue weighted by atomic mass is 10.2. The number of ether oxygens (including phenoxy) is 2. The van der Waals surface area contributed by atoms with Gasteiger partial charge in [0.15, 0.2) is 28.3 Å². The third-order valence-electron chi connectivity index (χ3n) is 4.57. The number of methoxy groups -OCH3 is 1. The van der Waals surface area contributed by atoms with Gasteiger partial charge in [-0.25, -0.2) is 23.4 Å². The lowest BCUT2D eigenvalue weighted by Gasteiger charge is -2.15. The number of benzene rings is 2. The maximum absolute atomic E-state index is 12.9. The average molecular weight is 529 g/mol. The smallest absolute Gasteiger partial charge is 0.256 e. The largest absolute Gasteiger partial charge is 0.493 e. The zero-order valence-electron chi connectivity index (χ0n) is 18.2. The number of sulfonamides is 1. The van der Waals surface area contributed by atoms with Crippen molar-refractivity contribution in [3.05, 3.63) is 94.2 Å². The monoisotopic (exact) mass is 528 g/mol. The minimum absolute atomic E-state index is 0.0986. The molecule has 11 heteroatoms. The van der Waals surface area contributed by atoms with Gasteiger partial charge in [-0.15, -0.1) is 0 Å². The molecule has 35 heavy (non-hydrogen) atoms. The summed E-state index contributed by atoms with van der Waals surface area (Å²) in [5.41, 5.74) is 1.18. The number of hydrogen-bond acceptors (Lipinski definition) is 7. The van der Waals surface area contributed by atoms with Gasteiger partial charge in [-0.05, 0) is 35.9 Å². The molecule has 2 aromatic heterocycles. The van der Waals surface area contributed by atoms with E-state index >= 15 is 0 Å². The highest BCUT2D eigenvalue weighted by atomic mass is 35.5. The zero-order valence-corrected chi connectivity index (χ0v) is 20.6. The lowest BCUT2D eigenvalue weighted by molar-refractivity contribution is 0.378. The van der Waals surface area contributed by atoms with Crippen LogP contribution in [0.4, 0.5) is 5.82 Å². The van der Waals surface area contributed by atoms with E-state index in [1.165, 1.54) is 19.4 Å². The number of para-hydroxylation sites is 2. The maximum Gasteiger partial charge on any atom is 0.256 e. The molecule has 0 aliphatic carbocycles. The molecule has 8 nitrogen and oxygen atoms in total. The normalized spacial score (nSPS) is 11.4.